The molecule has 0 amide bonds. The minimum absolute atomic E-state index is 0.226. The van der Waals surface area contributed by atoms with Gasteiger partial charge in [0, 0.05) is 11.5 Å². The molecule has 0 spiro atoms. The Hall–Kier alpha value is -1.00. The second-order valence-electron chi connectivity index (χ2n) is 5.12. The molecule has 0 N–H and O–H groups in total. The lowest BCUT2D eigenvalue weighted by Crippen LogP contribution is -2.21. The van der Waals surface area contributed by atoms with Crippen molar-refractivity contribution in [1.82, 2.24) is 0 Å². The molecule has 3 rings (SSSR count). The molecular formula is C17H16Br2O2. The third-order valence-corrected chi connectivity index (χ3v) is 5.94. The molecule has 0 aliphatic heterocycles. The van der Waals surface area contributed by atoms with Crippen LogP contribution in [-0.2, 0) is 6.42 Å². The number of fused-ring (bicyclic) bond motifs is 1. The molecule has 0 heterocycles. The van der Waals surface area contributed by atoms with Gasteiger partial charge in [-0.2, -0.15) is 0 Å². The van der Waals surface area contributed by atoms with E-state index in [-0.39, 0.29) is 4.83 Å². The van der Waals surface area contributed by atoms with Crippen LogP contribution in [0.5, 0.6) is 11.5 Å². The second kappa shape index (κ2) is 6.01. The molecule has 0 radical (unpaired) electrons. The van der Waals surface area contributed by atoms with E-state index in [9.17, 15) is 0 Å². The zero-order chi connectivity index (χ0) is 15.0. The first kappa shape index (κ1) is 14.9. The van der Waals surface area contributed by atoms with E-state index in [1.165, 1.54) is 11.1 Å². The van der Waals surface area contributed by atoms with Crippen LogP contribution in [0.1, 0.15) is 27.4 Å². The fraction of sp³-hybridized carbons (Fsp3) is 0.294. The Morgan fingerprint density at radius 1 is 1.10 bits per heavy atom. The highest BCUT2D eigenvalue weighted by atomic mass is 79.9. The molecule has 0 aromatic heterocycles. The number of methoxy groups -OCH3 is 2. The first-order chi connectivity index (χ1) is 10.2. The number of hydrogen-bond acceptors (Lipinski definition) is 2. The van der Waals surface area contributed by atoms with E-state index in [0.29, 0.717) is 5.92 Å². The van der Waals surface area contributed by atoms with Crippen LogP contribution in [0.4, 0.5) is 0 Å². The summed E-state index contributed by atoms with van der Waals surface area (Å²) >= 11 is 7.43. The van der Waals surface area contributed by atoms with Gasteiger partial charge in [0.2, 0.25) is 0 Å². The maximum atomic E-state index is 5.59. The summed E-state index contributed by atoms with van der Waals surface area (Å²) in [5.74, 6) is 2.10. The van der Waals surface area contributed by atoms with Crippen molar-refractivity contribution in [3.05, 3.63) is 57.6 Å². The highest BCUT2D eigenvalue weighted by molar-refractivity contribution is 9.10. The summed E-state index contributed by atoms with van der Waals surface area (Å²) < 4.78 is 11.8. The molecule has 2 unspecified atom stereocenters. The number of halogens is 2. The summed E-state index contributed by atoms with van der Waals surface area (Å²) in [6.07, 6.45) is 1.10. The van der Waals surface area contributed by atoms with Crippen LogP contribution in [0.15, 0.2) is 40.9 Å². The highest BCUT2D eigenvalue weighted by Crippen LogP contribution is 2.51. The molecule has 110 valence electrons. The molecule has 2 aromatic carbocycles. The van der Waals surface area contributed by atoms with Crippen LogP contribution in [0, 0.1) is 0 Å². The van der Waals surface area contributed by atoms with Crippen LogP contribution in [-0.4, -0.2) is 14.2 Å². The Morgan fingerprint density at radius 2 is 1.86 bits per heavy atom. The van der Waals surface area contributed by atoms with E-state index in [2.05, 4.69) is 62.2 Å². The molecule has 1 aliphatic rings. The quantitative estimate of drug-likeness (QED) is 0.640. The van der Waals surface area contributed by atoms with E-state index in [1.54, 1.807) is 14.2 Å². The monoisotopic (exact) mass is 410 g/mol. The third-order valence-electron chi connectivity index (χ3n) is 4.06. The molecular weight excluding hydrogens is 396 g/mol. The van der Waals surface area contributed by atoms with E-state index < -0.39 is 0 Å². The molecule has 0 saturated carbocycles. The van der Waals surface area contributed by atoms with Crippen LogP contribution in [0.3, 0.4) is 0 Å². The summed E-state index contributed by atoms with van der Waals surface area (Å²) in [5, 5.41) is 0. The highest BCUT2D eigenvalue weighted by Gasteiger charge is 2.34. The smallest absolute Gasteiger partial charge is 0.141 e. The maximum Gasteiger partial charge on any atom is 0.141 e. The molecule has 1 aliphatic carbocycles. The maximum absolute atomic E-state index is 5.59. The minimum Gasteiger partial charge on any atom is -0.495 e. The Labute approximate surface area is 141 Å². The molecule has 21 heavy (non-hydrogen) atoms. The van der Waals surface area contributed by atoms with E-state index in [0.717, 1.165) is 28.0 Å². The first-order valence-corrected chi connectivity index (χ1v) is 8.50. The van der Waals surface area contributed by atoms with Gasteiger partial charge >= 0.3 is 0 Å². The molecule has 2 nitrogen and oxygen atoms in total. The fourth-order valence-electron chi connectivity index (χ4n) is 2.91. The van der Waals surface area contributed by atoms with Crippen LogP contribution in [0.2, 0.25) is 0 Å². The molecule has 0 saturated heterocycles. The average molecular weight is 412 g/mol. The van der Waals surface area contributed by atoms with E-state index in [4.69, 9.17) is 9.47 Å². The van der Waals surface area contributed by atoms with E-state index >= 15 is 0 Å². The number of benzene rings is 2. The van der Waals surface area contributed by atoms with Crippen molar-refractivity contribution >= 4 is 31.9 Å². The van der Waals surface area contributed by atoms with Crippen molar-refractivity contribution in [3.63, 3.8) is 0 Å². The fourth-order valence-corrected chi connectivity index (χ4v) is 4.43. The third kappa shape index (κ3) is 2.49. The summed E-state index contributed by atoms with van der Waals surface area (Å²) in [7, 11) is 3.35. The normalized spacial score (nSPS) is 17.6. The standard InChI is InChI=1S/C17H16Br2O2/c1-20-14-8-7-12(17(21-2)16(14)19)15(18)13-9-10-5-3-4-6-11(10)13/h3-8,13,15H,9H2,1-2H3. The first-order valence-electron chi connectivity index (χ1n) is 6.79. The molecule has 0 bridgehead atoms. The molecule has 4 heteroatoms. The summed E-state index contributed by atoms with van der Waals surface area (Å²) in [4.78, 5) is 0.226. The zero-order valence-corrected chi connectivity index (χ0v) is 15.1. The Kier molecular flexibility index (Phi) is 4.27. The van der Waals surface area contributed by atoms with Gasteiger partial charge in [-0.15, -0.1) is 0 Å². The van der Waals surface area contributed by atoms with Gasteiger partial charge in [0.15, 0.2) is 0 Å². The van der Waals surface area contributed by atoms with Gasteiger partial charge in [0.1, 0.15) is 16.0 Å². The Bertz CT molecular complexity index is 670. The van der Waals surface area contributed by atoms with Gasteiger partial charge < -0.3 is 9.47 Å². The minimum atomic E-state index is 0.226. The van der Waals surface area contributed by atoms with Crippen molar-refractivity contribution in [2.45, 2.75) is 17.2 Å². The lowest BCUT2D eigenvalue weighted by molar-refractivity contribution is 0.384. The number of alkyl halides is 1. The van der Waals surface area contributed by atoms with Crippen LogP contribution >= 0.6 is 31.9 Å². The van der Waals surface area contributed by atoms with Gasteiger partial charge in [0.05, 0.1) is 19.0 Å². The predicted molar refractivity (Wildman–Crippen MR) is 91.8 cm³/mol. The summed E-state index contributed by atoms with van der Waals surface area (Å²) in [6.45, 7) is 0. The van der Waals surface area contributed by atoms with Crippen LogP contribution < -0.4 is 9.47 Å². The number of rotatable bonds is 4. The van der Waals surface area contributed by atoms with Crippen LogP contribution in [0.25, 0.3) is 0 Å². The SMILES string of the molecule is COc1ccc(C(Br)C2Cc3ccccc32)c(OC)c1Br. The number of hydrogen-bond donors (Lipinski definition) is 0. The summed E-state index contributed by atoms with van der Waals surface area (Å²) in [6, 6.07) is 12.7. The lowest BCUT2D eigenvalue weighted by atomic mass is 9.74. The Morgan fingerprint density at radius 3 is 2.52 bits per heavy atom. The molecule has 2 aromatic rings. The van der Waals surface area contributed by atoms with Gasteiger partial charge in [-0.3, -0.25) is 0 Å². The zero-order valence-electron chi connectivity index (χ0n) is 11.9. The van der Waals surface area contributed by atoms with E-state index in [1.807, 2.05) is 6.07 Å². The lowest BCUT2D eigenvalue weighted by Gasteiger charge is -2.34. The molecule has 2 atom stereocenters. The van der Waals surface area contributed by atoms with Crippen molar-refractivity contribution in [2.75, 3.05) is 14.2 Å². The van der Waals surface area contributed by atoms with Gasteiger partial charge in [-0.1, -0.05) is 46.3 Å². The average Bonchev–Trinajstić information content (AvgIpc) is 2.48. The van der Waals surface area contributed by atoms with Gasteiger partial charge in [-0.05, 0) is 39.5 Å². The van der Waals surface area contributed by atoms with Crippen molar-refractivity contribution in [1.29, 1.82) is 0 Å². The van der Waals surface area contributed by atoms with Crippen molar-refractivity contribution < 1.29 is 9.47 Å². The Balaban J connectivity index is 1.96. The molecule has 0 fully saturated rings. The largest absolute Gasteiger partial charge is 0.495 e. The van der Waals surface area contributed by atoms with Crippen molar-refractivity contribution in [2.24, 2.45) is 0 Å². The number of ether oxygens (including phenoxy) is 2. The van der Waals surface area contributed by atoms with Crippen molar-refractivity contribution in [3.8, 4) is 11.5 Å². The van der Waals surface area contributed by atoms with Gasteiger partial charge in [-0.25, -0.2) is 0 Å². The summed E-state index contributed by atoms with van der Waals surface area (Å²) in [5.41, 5.74) is 4.01. The second-order valence-corrected chi connectivity index (χ2v) is 6.89. The van der Waals surface area contributed by atoms with Gasteiger partial charge in [0.25, 0.3) is 0 Å². The topological polar surface area (TPSA) is 18.5 Å². The predicted octanol–water partition coefficient (Wildman–Crippen LogP) is 5.24.